The Morgan fingerprint density at radius 1 is 1.12 bits per heavy atom. The molecule has 1 unspecified atom stereocenters. The first-order valence-electron chi connectivity index (χ1n) is 8.49. The van der Waals surface area contributed by atoms with Crippen LogP contribution in [0.25, 0.3) is 11.0 Å². The van der Waals surface area contributed by atoms with Crippen molar-refractivity contribution in [2.75, 3.05) is 6.61 Å². The van der Waals surface area contributed by atoms with Crippen molar-refractivity contribution in [3.63, 3.8) is 0 Å². The van der Waals surface area contributed by atoms with Gasteiger partial charge in [0.1, 0.15) is 5.75 Å². The Balaban J connectivity index is 1.62. The lowest BCUT2D eigenvalue weighted by Crippen LogP contribution is -2.32. The van der Waals surface area contributed by atoms with Gasteiger partial charge in [-0.05, 0) is 50.2 Å². The van der Waals surface area contributed by atoms with Crippen molar-refractivity contribution in [2.24, 2.45) is 0 Å². The molecule has 1 aromatic heterocycles. The molecule has 1 atom stereocenters. The van der Waals surface area contributed by atoms with E-state index < -0.39 is 0 Å². The van der Waals surface area contributed by atoms with Gasteiger partial charge in [0.25, 0.3) is 5.91 Å². The van der Waals surface area contributed by atoms with Crippen molar-refractivity contribution >= 4 is 32.9 Å². The van der Waals surface area contributed by atoms with Crippen molar-refractivity contribution in [3.8, 4) is 5.75 Å². The zero-order chi connectivity index (χ0) is 18.3. The number of ether oxygens (including phenoxy) is 1. The van der Waals surface area contributed by atoms with Gasteiger partial charge in [-0.2, -0.15) is 0 Å². The number of carbonyl (C=O) groups excluding carboxylic acids is 1. The number of benzene rings is 2. The van der Waals surface area contributed by atoms with E-state index in [4.69, 9.17) is 4.74 Å². The lowest BCUT2D eigenvalue weighted by molar-refractivity contribution is 0.0925. The lowest BCUT2D eigenvalue weighted by atomic mass is 10.00. The second kappa shape index (κ2) is 6.68. The molecule has 1 N–H and O–H groups in total. The fourth-order valence-electron chi connectivity index (χ4n) is 3.13. The number of hydrogen-bond acceptors (Lipinski definition) is 4. The predicted octanol–water partition coefficient (Wildman–Crippen LogP) is 4.26. The summed E-state index contributed by atoms with van der Waals surface area (Å²) in [5, 5.41) is 3.12. The second-order valence-electron chi connectivity index (χ2n) is 6.44. The Labute approximate surface area is 159 Å². The molecule has 3 aromatic rings. The third-order valence-electron chi connectivity index (χ3n) is 4.65. The van der Waals surface area contributed by atoms with Crippen LogP contribution in [0.1, 0.15) is 39.8 Å². The minimum absolute atomic E-state index is 0.0784. The predicted molar refractivity (Wildman–Crippen MR) is 103 cm³/mol. The molecule has 1 aliphatic rings. The standard InChI is InChI=1S/C20H18BrN3O2/c1-11-12(2)23-18-9-13(3-5-17(18)22-11)20(25)24-16-7-8-26-19-6-4-14(21)10-15(16)19/h3-6,9-10,16H,7-8H2,1-2H3,(H,24,25). The molecule has 0 spiro atoms. The van der Waals surface area contributed by atoms with Crippen molar-refractivity contribution in [3.05, 3.63) is 63.4 Å². The average molecular weight is 412 g/mol. The highest BCUT2D eigenvalue weighted by Crippen LogP contribution is 2.34. The number of aryl methyl sites for hydroxylation is 2. The molecule has 2 aromatic carbocycles. The van der Waals surface area contributed by atoms with E-state index in [0.29, 0.717) is 12.2 Å². The molecule has 26 heavy (non-hydrogen) atoms. The van der Waals surface area contributed by atoms with Gasteiger partial charge >= 0.3 is 0 Å². The van der Waals surface area contributed by atoms with Crippen molar-refractivity contribution in [2.45, 2.75) is 26.3 Å². The highest BCUT2D eigenvalue weighted by Gasteiger charge is 2.24. The number of aromatic nitrogens is 2. The number of carbonyl (C=O) groups is 1. The molecule has 6 heteroatoms. The van der Waals surface area contributed by atoms with E-state index in [1.165, 1.54) is 0 Å². The fourth-order valence-corrected chi connectivity index (χ4v) is 3.51. The van der Waals surface area contributed by atoms with Crippen molar-refractivity contribution in [1.82, 2.24) is 15.3 Å². The van der Waals surface area contributed by atoms with E-state index >= 15 is 0 Å². The van der Waals surface area contributed by atoms with Crippen molar-refractivity contribution < 1.29 is 9.53 Å². The van der Waals surface area contributed by atoms with E-state index in [9.17, 15) is 4.79 Å². The van der Waals surface area contributed by atoms with E-state index in [1.54, 1.807) is 12.1 Å². The Morgan fingerprint density at radius 2 is 1.88 bits per heavy atom. The third kappa shape index (κ3) is 3.17. The quantitative estimate of drug-likeness (QED) is 0.683. The van der Waals surface area contributed by atoms with Crippen LogP contribution in [0, 0.1) is 13.8 Å². The number of hydrogen-bond donors (Lipinski definition) is 1. The number of halogens is 1. The minimum atomic E-state index is -0.121. The SMILES string of the molecule is Cc1nc2ccc(C(=O)NC3CCOc4ccc(Br)cc43)cc2nc1C. The summed E-state index contributed by atoms with van der Waals surface area (Å²) in [6, 6.07) is 11.2. The van der Waals surface area contributed by atoms with Crippen LogP contribution in [0.3, 0.4) is 0 Å². The first-order chi connectivity index (χ1) is 12.5. The van der Waals surface area contributed by atoms with Crippen LogP contribution in [0.15, 0.2) is 40.9 Å². The highest BCUT2D eigenvalue weighted by molar-refractivity contribution is 9.10. The maximum Gasteiger partial charge on any atom is 0.251 e. The van der Waals surface area contributed by atoms with E-state index in [1.807, 2.05) is 38.1 Å². The number of amides is 1. The lowest BCUT2D eigenvalue weighted by Gasteiger charge is -2.27. The minimum Gasteiger partial charge on any atom is -0.493 e. The molecular weight excluding hydrogens is 394 g/mol. The van der Waals surface area contributed by atoms with Crippen LogP contribution < -0.4 is 10.1 Å². The summed E-state index contributed by atoms with van der Waals surface area (Å²) in [6.07, 6.45) is 0.737. The monoisotopic (exact) mass is 411 g/mol. The topological polar surface area (TPSA) is 64.1 Å². The summed E-state index contributed by atoms with van der Waals surface area (Å²) in [4.78, 5) is 21.9. The molecule has 1 aliphatic heterocycles. The van der Waals surface area contributed by atoms with Crippen LogP contribution in [0.4, 0.5) is 0 Å². The molecule has 5 nitrogen and oxygen atoms in total. The summed E-state index contributed by atoms with van der Waals surface area (Å²) < 4.78 is 6.65. The molecule has 132 valence electrons. The van der Waals surface area contributed by atoms with Gasteiger partial charge in [0.2, 0.25) is 0 Å². The van der Waals surface area contributed by atoms with Gasteiger partial charge in [-0.1, -0.05) is 15.9 Å². The molecule has 1 amide bonds. The number of rotatable bonds is 2. The molecular formula is C20H18BrN3O2. The summed E-state index contributed by atoms with van der Waals surface area (Å²) >= 11 is 3.49. The Hall–Kier alpha value is -2.47. The molecule has 2 heterocycles. The average Bonchev–Trinajstić information content (AvgIpc) is 2.63. The van der Waals surface area contributed by atoms with Gasteiger partial charge in [-0.15, -0.1) is 0 Å². The largest absolute Gasteiger partial charge is 0.493 e. The van der Waals surface area contributed by atoms with Crippen LogP contribution in [0.2, 0.25) is 0 Å². The van der Waals surface area contributed by atoms with Gasteiger partial charge in [0.05, 0.1) is 35.1 Å². The zero-order valence-electron chi connectivity index (χ0n) is 14.5. The smallest absolute Gasteiger partial charge is 0.251 e. The molecule has 0 saturated heterocycles. The number of nitrogens with zero attached hydrogens (tertiary/aromatic N) is 2. The van der Waals surface area contributed by atoms with Gasteiger partial charge in [0.15, 0.2) is 0 Å². The molecule has 0 aliphatic carbocycles. The third-order valence-corrected chi connectivity index (χ3v) is 5.15. The normalized spacial score (nSPS) is 16.0. The summed E-state index contributed by atoms with van der Waals surface area (Å²) in [5.74, 6) is 0.699. The second-order valence-corrected chi connectivity index (χ2v) is 7.36. The summed E-state index contributed by atoms with van der Waals surface area (Å²) in [7, 11) is 0. The summed E-state index contributed by atoms with van der Waals surface area (Å²) in [5.41, 5.74) is 4.88. The highest BCUT2D eigenvalue weighted by atomic mass is 79.9. The fraction of sp³-hybridized carbons (Fsp3) is 0.250. The van der Waals surface area contributed by atoms with Crippen LogP contribution >= 0.6 is 15.9 Å². The maximum atomic E-state index is 12.8. The zero-order valence-corrected chi connectivity index (χ0v) is 16.1. The molecule has 0 bridgehead atoms. The van der Waals surface area contributed by atoms with Gasteiger partial charge in [-0.25, -0.2) is 9.97 Å². The number of nitrogens with one attached hydrogen (secondary N) is 1. The van der Waals surface area contributed by atoms with Crippen LogP contribution in [-0.2, 0) is 0 Å². The van der Waals surface area contributed by atoms with E-state index in [0.717, 1.165) is 44.6 Å². The molecule has 0 radical (unpaired) electrons. The van der Waals surface area contributed by atoms with Gasteiger partial charge < -0.3 is 10.1 Å². The Morgan fingerprint density at radius 3 is 2.69 bits per heavy atom. The Kier molecular flexibility index (Phi) is 4.36. The molecule has 0 saturated carbocycles. The first kappa shape index (κ1) is 17.0. The van der Waals surface area contributed by atoms with Crippen LogP contribution in [0.5, 0.6) is 5.75 Å². The summed E-state index contributed by atoms with van der Waals surface area (Å²) in [6.45, 7) is 4.44. The molecule has 0 fully saturated rings. The van der Waals surface area contributed by atoms with E-state index in [-0.39, 0.29) is 11.9 Å². The van der Waals surface area contributed by atoms with Gasteiger partial charge in [0, 0.05) is 22.0 Å². The maximum absolute atomic E-state index is 12.8. The first-order valence-corrected chi connectivity index (χ1v) is 9.28. The number of fused-ring (bicyclic) bond motifs is 2. The molecule has 4 rings (SSSR count). The van der Waals surface area contributed by atoms with Crippen LogP contribution in [-0.4, -0.2) is 22.5 Å². The van der Waals surface area contributed by atoms with Crippen molar-refractivity contribution in [1.29, 1.82) is 0 Å². The Bertz CT molecular complexity index is 1020. The van der Waals surface area contributed by atoms with E-state index in [2.05, 4.69) is 31.2 Å². The van der Waals surface area contributed by atoms with Gasteiger partial charge in [-0.3, -0.25) is 4.79 Å².